The normalized spacial score (nSPS) is 39.4. The van der Waals surface area contributed by atoms with Gasteiger partial charge < -0.3 is 10.6 Å². The predicted molar refractivity (Wildman–Crippen MR) is 76.8 cm³/mol. The van der Waals surface area contributed by atoms with Crippen LogP contribution in [0, 0.1) is 17.8 Å². The Morgan fingerprint density at radius 1 is 0.947 bits per heavy atom. The molecule has 1 heterocycles. The molecule has 0 spiro atoms. The predicted octanol–water partition coefficient (Wildman–Crippen LogP) is 2.46. The molecular formula is C16H28N2O. The van der Waals surface area contributed by atoms with Gasteiger partial charge in [0.15, 0.2) is 0 Å². The quantitative estimate of drug-likeness (QED) is 0.804. The molecule has 2 aliphatic carbocycles. The minimum absolute atomic E-state index is 0.307. The van der Waals surface area contributed by atoms with Crippen LogP contribution in [0.4, 0.5) is 0 Å². The van der Waals surface area contributed by atoms with Crippen LogP contribution in [0.5, 0.6) is 0 Å². The molecule has 3 aliphatic rings. The van der Waals surface area contributed by atoms with Crippen LogP contribution in [0.3, 0.4) is 0 Å². The Bertz CT molecular complexity index is 312. The Hall–Kier alpha value is -0.570. The molecule has 3 heteroatoms. The van der Waals surface area contributed by atoms with E-state index in [0.29, 0.717) is 17.9 Å². The molecule has 3 nitrogen and oxygen atoms in total. The fourth-order valence-corrected chi connectivity index (χ4v) is 4.41. The Balaban J connectivity index is 1.49. The number of nitrogens with one attached hydrogen (secondary N) is 2. The molecule has 108 valence electrons. The smallest absolute Gasteiger partial charge is 0.223 e. The van der Waals surface area contributed by atoms with E-state index in [0.717, 1.165) is 44.2 Å². The first kappa shape index (κ1) is 13.4. The first-order valence-electron chi connectivity index (χ1n) is 8.34. The zero-order valence-electron chi connectivity index (χ0n) is 12.0. The lowest BCUT2D eigenvalue weighted by Gasteiger charge is -2.39. The van der Waals surface area contributed by atoms with Gasteiger partial charge in [-0.15, -0.1) is 0 Å². The topological polar surface area (TPSA) is 41.1 Å². The minimum atomic E-state index is 0.307. The zero-order valence-corrected chi connectivity index (χ0v) is 12.0. The van der Waals surface area contributed by atoms with Gasteiger partial charge in [0.2, 0.25) is 5.91 Å². The van der Waals surface area contributed by atoms with Crippen molar-refractivity contribution in [3.05, 3.63) is 0 Å². The summed E-state index contributed by atoms with van der Waals surface area (Å²) in [5.41, 5.74) is 0. The first-order valence-corrected chi connectivity index (χ1v) is 8.34. The molecule has 0 radical (unpaired) electrons. The van der Waals surface area contributed by atoms with E-state index >= 15 is 0 Å². The van der Waals surface area contributed by atoms with Crippen LogP contribution in [0.15, 0.2) is 0 Å². The molecule has 3 unspecified atom stereocenters. The third-order valence-corrected chi connectivity index (χ3v) is 5.55. The van der Waals surface area contributed by atoms with Gasteiger partial charge in [-0.3, -0.25) is 4.79 Å². The largest absolute Gasteiger partial charge is 0.352 e. The fraction of sp³-hybridized carbons (Fsp3) is 0.938. The summed E-state index contributed by atoms with van der Waals surface area (Å²) in [6, 6.07) is 0.380. The van der Waals surface area contributed by atoms with E-state index in [4.69, 9.17) is 0 Å². The van der Waals surface area contributed by atoms with E-state index in [-0.39, 0.29) is 0 Å². The van der Waals surface area contributed by atoms with E-state index in [1.807, 2.05) is 0 Å². The number of carbonyl (C=O) groups is 1. The van der Waals surface area contributed by atoms with Crippen molar-refractivity contribution in [1.29, 1.82) is 0 Å². The summed E-state index contributed by atoms with van der Waals surface area (Å²) in [5.74, 6) is 2.44. The van der Waals surface area contributed by atoms with Crippen LogP contribution in [0.1, 0.15) is 57.8 Å². The molecule has 0 aromatic carbocycles. The van der Waals surface area contributed by atoms with Crippen molar-refractivity contribution in [1.82, 2.24) is 10.6 Å². The Labute approximate surface area is 116 Å². The SMILES string of the molecule is O=C(N[C@@H]1CCCNC1)C1CCC2CCCCC2C1. The molecule has 0 aromatic rings. The van der Waals surface area contributed by atoms with Crippen molar-refractivity contribution >= 4 is 5.91 Å². The summed E-state index contributed by atoms with van der Waals surface area (Å²) in [6.45, 7) is 2.07. The van der Waals surface area contributed by atoms with Crippen LogP contribution < -0.4 is 10.6 Å². The molecule has 0 aromatic heterocycles. The highest BCUT2D eigenvalue weighted by atomic mass is 16.1. The Morgan fingerprint density at radius 2 is 1.79 bits per heavy atom. The monoisotopic (exact) mass is 264 g/mol. The fourth-order valence-electron chi connectivity index (χ4n) is 4.41. The molecule has 2 N–H and O–H groups in total. The van der Waals surface area contributed by atoms with Gasteiger partial charge in [0.25, 0.3) is 0 Å². The molecule has 1 amide bonds. The highest BCUT2D eigenvalue weighted by molar-refractivity contribution is 5.79. The average Bonchev–Trinajstić information content (AvgIpc) is 2.48. The molecule has 4 atom stereocenters. The summed E-state index contributed by atoms with van der Waals surface area (Å²) in [6.07, 6.45) is 11.5. The van der Waals surface area contributed by atoms with Gasteiger partial charge in [-0.2, -0.15) is 0 Å². The molecule has 3 fully saturated rings. The highest BCUT2D eigenvalue weighted by Gasteiger charge is 2.35. The van der Waals surface area contributed by atoms with E-state index in [1.165, 1.54) is 38.5 Å². The van der Waals surface area contributed by atoms with Gasteiger partial charge in [-0.25, -0.2) is 0 Å². The van der Waals surface area contributed by atoms with Gasteiger partial charge in [0, 0.05) is 18.5 Å². The maximum atomic E-state index is 12.4. The van der Waals surface area contributed by atoms with Crippen LogP contribution in [-0.4, -0.2) is 25.0 Å². The van der Waals surface area contributed by atoms with Crippen molar-refractivity contribution in [3.63, 3.8) is 0 Å². The number of piperidine rings is 1. The number of amides is 1. The first-order chi connectivity index (χ1) is 9.33. The van der Waals surface area contributed by atoms with E-state index in [2.05, 4.69) is 10.6 Å². The van der Waals surface area contributed by atoms with Gasteiger partial charge in [0.05, 0.1) is 0 Å². The minimum Gasteiger partial charge on any atom is -0.352 e. The number of fused-ring (bicyclic) bond motifs is 1. The maximum absolute atomic E-state index is 12.4. The van der Waals surface area contributed by atoms with Gasteiger partial charge in [-0.05, 0) is 50.5 Å². The number of hydrogen-bond donors (Lipinski definition) is 2. The molecule has 0 bridgehead atoms. The summed E-state index contributed by atoms with van der Waals surface area (Å²) in [7, 11) is 0. The third kappa shape index (κ3) is 3.31. The van der Waals surface area contributed by atoms with Gasteiger partial charge in [-0.1, -0.05) is 25.7 Å². The maximum Gasteiger partial charge on any atom is 0.223 e. The second-order valence-electron chi connectivity index (χ2n) is 6.87. The van der Waals surface area contributed by atoms with E-state index in [9.17, 15) is 4.79 Å². The van der Waals surface area contributed by atoms with Crippen molar-refractivity contribution < 1.29 is 4.79 Å². The Kier molecular flexibility index (Phi) is 4.42. The van der Waals surface area contributed by atoms with E-state index in [1.54, 1.807) is 0 Å². The van der Waals surface area contributed by atoms with Crippen molar-refractivity contribution in [2.24, 2.45) is 17.8 Å². The van der Waals surface area contributed by atoms with Crippen molar-refractivity contribution in [2.75, 3.05) is 13.1 Å². The zero-order chi connectivity index (χ0) is 13.1. The summed E-state index contributed by atoms with van der Waals surface area (Å²) in [5, 5.41) is 6.66. The molecular weight excluding hydrogens is 236 g/mol. The number of carbonyl (C=O) groups excluding carboxylic acids is 1. The summed E-state index contributed by atoms with van der Waals surface area (Å²) in [4.78, 5) is 12.4. The number of rotatable bonds is 2. The molecule has 19 heavy (non-hydrogen) atoms. The standard InChI is InChI=1S/C16H28N2O/c19-16(18-15-6-3-9-17-11-15)14-8-7-12-4-1-2-5-13(12)10-14/h12-15,17H,1-11H2,(H,18,19)/t12?,13?,14?,15-/m1/s1. The lowest BCUT2D eigenvalue weighted by atomic mass is 9.67. The average molecular weight is 264 g/mol. The Morgan fingerprint density at radius 3 is 2.58 bits per heavy atom. The lowest BCUT2D eigenvalue weighted by molar-refractivity contribution is -0.128. The van der Waals surface area contributed by atoms with Gasteiger partial charge >= 0.3 is 0 Å². The van der Waals surface area contributed by atoms with Crippen LogP contribution in [0.2, 0.25) is 0 Å². The molecule has 1 aliphatic heterocycles. The third-order valence-electron chi connectivity index (χ3n) is 5.55. The summed E-state index contributed by atoms with van der Waals surface area (Å²) >= 11 is 0. The molecule has 1 saturated heterocycles. The lowest BCUT2D eigenvalue weighted by Crippen LogP contribution is -2.48. The van der Waals surface area contributed by atoms with Crippen LogP contribution in [-0.2, 0) is 4.79 Å². The van der Waals surface area contributed by atoms with Crippen molar-refractivity contribution in [2.45, 2.75) is 63.8 Å². The molecule has 2 saturated carbocycles. The molecule has 3 rings (SSSR count). The number of hydrogen-bond acceptors (Lipinski definition) is 2. The van der Waals surface area contributed by atoms with Crippen LogP contribution >= 0.6 is 0 Å². The van der Waals surface area contributed by atoms with Gasteiger partial charge in [0.1, 0.15) is 0 Å². The van der Waals surface area contributed by atoms with E-state index < -0.39 is 0 Å². The van der Waals surface area contributed by atoms with Crippen molar-refractivity contribution in [3.8, 4) is 0 Å². The summed E-state index contributed by atoms with van der Waals surface area (Å²) < 4.78 is 0. The second-order valence-corrected chi connectivity index (χ2v) is 6.87. The second kappa shape index (κ2) is 6.25. The van der Waals surface area contributed by atoms with Crippen LogP contribution in [0.25, 0.3) is 0 Å². The highest BCUT2D eigenvalue weighted by Crippen LogP contribution is 2.42.